The molecule has 1 atom stereocenters. The molecule has 2 heterocycles. The zero-order valence-corrected chi connectivity index (χ0v) is 13.0. The molecule has 2 rings (SSSR count). The van der Waals surface area contributed by atoms with Crippen LogP contribution in [-0.4, -0.2) is 40.9 Å². The number of piperidine rings is 1. The minimum Gasteiger partial charge on any atom is -0.318 e. The Hall–Kier alpha value is -0.580. The summed E-state index contributed by atoms with van der Waals surface area (Å²) in [5, 5.41) is 8.67. The second-order valence-electron chi connectivity index (χ2n) is 5.36. The van der Waals surface area contributed by atoms with Crippen LogP contribution in [0.25, 0.3) is 0 Å². The summed E-state index contributed by atoms with van der Waals surface area (Å²) in [5.41, 5.74) is 2.17. The minimum absolute atomic E-state index is 0.620. The van der Waals surface area contributed by atoms with Crippen molar-refractivity contribution in [2.24, 2.45) is 7.05 Å². The molecule has 0 spiro atoms. The van der Waals surface area contributed by atoms with Crippen LogP contribution in [0.4, 0.5) is 0 Å². The Morgan fingerprint density at radius 3 is 2.84 bits per heavy atom. The topological polar surface area (TPSA) is 33.1 Å². The Balaban J connectivity index is 2.12. The molecule has 1 aliphatic rings. The molecule has 0 bridgehead atoms. The molecule has 1 aromatic heterocycles. The quantitative estimate of drug-likeness (QED) is 0.900. The van der Waals surface area contributed by atoms with Crippen LogP contribution >= 0.6 is 11.6 Å². The predicted octanol–water partition coefficient (Wildman–Crippen LogP) is 2.21. The zero-order valence-electron chi connectivity index (χ0n) is 12.2. The Labute approximate surface area is 121 Å². The lowest BCUT2D eigenvalue weighted by Gasteiger charge is -2.35. The van der Waals surface area contributed by atoms with Gasteiger partial charge in [-0.2, -0.15) is 5.10 Å². The zero-order chi connectivity index (χ0) is 13.8. The fraction of sp³-hybridized carbons (Fsp3) is 0.786. The molecule has 4 nitrogen and oxygen atoms in total. The number of hydrogen-bond acceptors (Lipinski definition) is 3. The van der Waals surface area contributed by atoms with Crippen LogP contribution in [0.2, 0.25) is 5.02 Å². The molecule has 0 aromatic carbocycles. The molecule has 1 aromatic rings. The van der Waals surface area contributed by atoms with Gasteiger partial charge >= 0.3 is 0 Å². The van der Waals surface area contributed by atoms with Crippen molar-refractivity contribution in [3.63, 3.8) is 0 Å². The van der Waals surface area contributed by atoms with Gasteiger partial charge in [0.15, 0.2) is 0 Å². The Bertz CT molecular complexity index is 414. The Kier molecular flexibility index (Phi) is 5.25. The molecule has 1 fully saturated rings. The molecule has 0 aliphatic carbocycles. The van der Waals surface area contributed by atoms with Gasteiger partial charge in [-0.15, -0.1) is 0 Å². The molecule has 1 aliphatic heterocycles. The molecule has 5 heteroatoms. The van der Waals surface area contributed by atoms with Crippen molar-refractivity contribution in [3.8, 4) is 0 Å². The van der Waals surface area contributed by atoms with Gasteiger partial charge in [-0.1, -0.05) is 24.9 Å². The third kappa shape index (κ3) is 3.30. The molecule has 19 heavy (non-hydrogen) atoms. The average molecular weight is 285 g/mol. The van der Waals surface area contributed by atoms with Gasteiger partial charge in [-0.3, -0.25) is 9.58 Å². The van der Waals surface area contributed by atoms with Crippen LogP contribution in [0.1, 0.15) is 37.6 Å². The first-order chi connectivity index (χ1) is 9.17. The standard InChI is InChI=1S/C14H25ClN4/c1-4-12-14(15)13(18(3)17-12)10-19-8-6-5-7-11(19)9-16-2/h11,16H,4-10H2,1-3H3. The van der Waals surface area contributed by atoms with E-state index < -0.39 is 0 Å². The maximum Gasteiger partial charge on any atom is 0.0863 e. The monoisotopic (exact) mass is 284 g/mol. The number of nitrogens with one attached hydrogen (secondary N) is 1. The van der Waals surface area contributed by atoms with Crippen LogP contribution in [-0.2, 0) is 20.0 Å². The predicted molar refractivity (Wildman–Crippen MR) is 79.6 cm³/mol. The first-order valence-electron chi connectivity index (χ1n) is 7.26. The van der Waals surface area contributed by atoms with Crippen molar-refractivity contribution >= 4 is 11.6 Å². The summed E-state index contributed by atoms with van der Waals surface area (Å²) in [4.78, 5) is 2.54. The third-order valence-corrected chi connectivity index (χ3v) is 4.48. The van der Waals surface area contributed by atoms with Crippen LogP contribution in [0.5, 0.6) is 0 Å². The van der Waals surface area contributed by atoms with E-state index in [-0.39, 0.29) is 0 Å². The largest absolute Gasteiger partial charge is 0.318 e. The maximum atomic E-state index is 6.45. The van der Waals surface area contributed by atoms with Crippen molar-refractivity contribution in [2.45, 2.75) is 45.2 Å². The summed E-state index contributed by atoms with van der Waals surface area (Å²) in [6.07, 6.45) is 4.79. The van der Waals surface area contributed by atoms with E-state index in [2.05, 4.69) is 22.2 Å². The Morgan fingerprint density at radius 1 is 1.42 bits per heavy atom. The number of likely N-dealkylation sites (tertiary alicyclic amines) is 1. The van der Waals surface area contributed by atoms with E-state index in [9.17, 15) is 0 Å². The van der Waals surface area contributed by atoms with Crippen LogP contribution in [0.3, 0.4) is 0 Å². The van der Waals surface area contributed by atoms with E-state index in [1.54, 1.807) is 0 Å². The first-order valence-corrected chi connectivity index (χ1v) is 7.64. The van der Waals surface area contributed by atoms with E-state index in [1.807, 2.05) is 18.8 Å². The molecular weight excluding hydrogens is 260 g/mol. The van der Waals surface area contributed by atoms with Gasteiger partial charge in [-0.05, 0) is 32.9 Å². The average Bonchev–Trinajstić information content (AvgIpc) is 2.68. The van der Waals surface area contributed by atoms with Crippen molar-refractivity contribution in [1.82, 2.24) is 20.0 Å². The highest BCUT2D eigenvalue weighted by atomic mass is 35.5. The fourth-order valence-corrected chi connectivity index (χ4v) is 3.27. The molecule has 1 unspecified atom stereocenters. The molecule has 0 radical (unpaired) electrons. The molecular formula is C14H25ClN4. The van der Waals surface area contributed by atoms with E-state index in [1.165, 1.54) is 19.3 Å². The lowest BCUT2D eigenvalue weighted by atomic mass is 10.0. The molecule has 1 saturated heterocycles. The summed E-state index contributed by atoms with van der Waals surface area (Å²) < 4.78 is 1.95. The lowest BCUT2D eigenvalue weighted by molar-refractivity contribution is 0.136. The number of halogens is 1. The highest BCUT2D eigenvalue weighted by Crippen LogP contribution is 2.25. The lowest BCUT2D eigenvalue weighted by Crippen LogP contribution is -2.44. The van der Waals surface area contributed by atoms with Gasteiger partial charge < -0.3 is 5.32 Å². The van der Waals surface area contributed by atoms with Crippen LogP contribution in [0.15, 0.2) is 0 Å². The molecule has 0 saturated carbocycles. The SMILES string of the molecule is CCc1nn(C)c(CN2CCCCC2CNC)c1Cl. The van der Waals surface area contributed by atoms with Crippen molar-refractivity contribution in [3.05, 3.63) is 16.4 Å². The van der Waals surface area contributed by atoms with Gasteiger partial charge in [0.05, 0.1) is 16.4 Å². The highest BCUT2D eigenvalue weighted by Gasteiger charge is 2.24. The molecule has 0 amide bonds. The number of rotatable bonds is 5. The Morgan fingerprint density at radius 2 is 2.21 bits per heavy atom. The maximum absolute atomic E-state index is 6.45. The molecule has 1 N–H and O–H groups in total. The number of aryl methyl sites for hydroxylation is 2. The smallest absolute Gasteiger partial charge is 0.0863 e. The fourth-order valence-electron chi connectivity index (χ4n) is 2.92. The minimum atomic E-state index is 0.620. The van der Waals surface area contributed by atoms with Gasteiger partial charge in [0, 0.05) is 26.2 Å². The molecule has 108 valence electrons. The summed E-state index contributed by atoms with van der Waals surface area (Å²) >= 11 is 6.45. The summed E-state index contributed by atoms with van der Waals surface area (Å²) in [5.74, 6) is 0. The van der Waals surface area contributed by atoms with Gasteiger partial charge in [0.25, 0.3) is 0 Å². The van der Waals surface area contributed by atoms with Gasteiger partial charge in [0.2, 0.25) is 0 Å². The summed E-state index contributed by atoms with van der Waals surface area (Å²) in [6, 6.07) is 0.620. The van der Waals surface area contributed by atoms with Crippen molar-refractivity contribution in [1.29, 1.82) is 0 Å². The second kappa shape index (κ2) is 6.73. The van der Waals surface area contributed by atoms with E-state index in [0.29, 0.717) is 6.04 Å². The van der Waals surface area contributed by atoms with Gasteiger partial charge in [-0.25, -0.2) is 0 Å². The van der Waals surface area contributed by atoms with Crippen LogP contribution < -0.4 is 5.32 Å². The second-order valence-corrected chi connectivity index (χ2v) is 5.74. The highest BCUT2D eigenvalue weighted by molar-refractivity contribution is 6.31. The van der Waals surface area contributed by atoms with E-state index >= 15 is 0 Å². The summed E-state index contributed by atoms with van der Waals surface area (Å²) in [7, 11) is 4.02. The van der Waals surface area contributed by atoms with Crippen LogP contribution in [0, 0.1) is 0 Å². The summed E-state index contributed by atoms with van der Waals surface area (Å²) in [6.45, 7) is 5.22. The van der Waals surface area contributed by atoms with Gasteiger partial charge in [0.1, 0.15) is 0 Å². The number of nitrogens with zero attached hydrogens (tertiary/aromatic N) is 3. The normalized spacial score (nSPS) is 20.9. The first kappa shape index (κ1) is 14.8. The van der Waals surface area contributed by atoms with Crippen molar-refractivity contribution in [2.75, 3.05) is 20.1 Å². The third-order valence-electron chi connectivity index (χ3n) is 4.04. The number of aromatic nitrogens is 2. The number of likely N-dealkylation sites (N-methyl/N-ethyl adjacent to an activating group) is 1. The van der Waals surface area contributed by atoms with Crippen molar-refractivity contribution < 1.29 is 0 Å². The van der Waals surface area contributed by atoms with E-state index in [0.717, 1.165) is 42.5 Å². The van der Waals surface area contributed by atoms with E-state index in [4.69, 9.17) is 11.6 Å². The number of hydrogen-bond donors (Lipinski definition) is 1.